The van der Waals surface area contributed by atoms with E-state index in [2.05, 4.69) is 5.32 Å². The van der Waals surface area contributed by atoms with Gasteiger partial charge in [-0.1, -0.05) is 95.5 Å². The van der Waals surface area contributed by atoms with Crippen LogP contribution in [0.3, 0.4) is 0 Å². The summed E-state index contributed by atoms with van der Waals surface area (Å²) < 4.78 is 28.9. The predicted octanol–water partition coefficient (Wildman–Crippen LogP) is 6.62. The Bertz CT molecular complexity index is 1670. The number of hydrogen-bond acceptors (Lipinski definition) is 4. The Morgan fingerprint density at radius 2 is 1.47 bits per heavy atom. The predicted molar refractivity (Wildman–Crippen MR) is 172 cm³/mol. The Labute approximate surface area is 267 Å². The van der Waals surface area contributed by atoms with Crippen LogP contribution in [0.15, 0.2) is 108 Å². The fourth-order valence-corrected chi connectivity index (χ4v) is 6.64. The van der Waals surface area contributed by atoms with Gasteiger partial charge in [0.05, 0.1) is 10.6 Å². The van der Waals surface area contributed by atoms with E-state index in [0.717, 1.165) is 9.87 Å². The molecule has 0 radical (unpaired) electrons. The molecule has 0 aliphatic heterocycles. The molecule has 0 fully saturated rings. The monoisotopic (exact) mass is 657 g/mol. The lowest BCUT2D eigenvalue weighted by Crippen LogP contribution is -2.53. The summed E-state index contributed by atoms with van der Waals surface area (Å²) in [6, 6.07) is 27.2. The average molecular weight is 659 g/mol. The van der Waals surface area contributed by atoms with Crippen molar-refractivity contribution in [2.24, 2.45) is 0 Å². The second-order valence-electron chi connectivity index (χ2n) is 9.66. The van der Waals surface area contributed by atoms with Crippen molar-refractivity contribution in [1.29, 1.82) is 0 Å². The third-order valence-electron chi connectivity index (χ3n) is 6.68. The summed E-state index contributed by atoms with van der Waals surface area (Å²) in [5.41, 5.74) is 1.57. The van der Waals surface area contributed by atoms with Crippen LogP contribution < -0.4 is 9.62 Å². The molecule has 0 unspecified atom stereocenters. The van der Waals surface area contributed by atoms with E-state index in [1.807, 2.05) is 30.3 Å². The maximum absolute atomic E-state index is 14.4. The molecule has 7 nitrogen and oxygen atoms in total. The zero-order valence-electron chi connectivity index (χ0n) is 23.3. The van der Waals surface area contributed by atoms with E-state index >= 15 is 0 Å². The lowest BCUT2D eigenvalue weighted by molar-refractivity contribution is -0.140. The smallest absolute Gasteiger partial charge is 0.264 e. The van der Waals surface area contributed by atoms with Crippen LogP contribution in [0.5, 0.6) is 0 Å². The first-order valence-electron chi connectivity index (χ1n) is 13.5. The van der Waals surface area contributed by atoms with E-state index in [1.54, 1.807) is 61.5 Å². The minimum atomic E-state index is -4.22. The van der Waals surface area contributed by atoms with Gasteiger partial charge in [-0.15, -0.1) is 0 Å². The fourth-order valence-electron chi connectivity index (χ4n) is 4.56. The number of carbonyl (C=O) groups excluding carboxylic acids is 2. The normalized spacial score (nSPS) is 11.9. The summed E-state index contributed by atoms with van der Waals surface area (Å²) in [6.45, 7) is 1.45. The molecule has 43 heavy (non-hydrogen) atoms. The SMILES string of the molecule is CCNC(=O)[C@H](Cc1ccccc1)N(Cc1ccc(Cl)cc1Cl)C(=O)CN(c1cccc(Cl)c1)S(=O)(=O)c1ccccc1. The van der Waals surface area contributed by atoms with Gasteiger partial charge < -0.3 is 10.2 Å². The molecule has 0 saturated carbocycles. The van der Waals surface area contributed by atoms with E-state index in [1.165, 1.54) is 23.1 Å². The molecule has 0 aliphatic rings. The molecule has 1 N–H and O–H groups in total. The Morgan fingerprint density at radius 3 is 2.09 bits per heavy atom. The van der Waals surface area contributed by atoms with Crippen molar-refractivity contribution in [3.8, 4) is 0 Å². The van der Waals surface area contributed by atoms with Crippen molar-refractivity contribution in [2.45, 2.75) is 30.8 Å². The average Bonchev–Trinajstić information content (AvgIpc) is 2.99. The molecule has 0 bridgehead atoms. The number of rotatable bonds is 12. The van der Waals surface area contributed by atoms with Crippen LogP contribution in [0.25, 0.3) is 0 Å². The first-order valence-corrected chi connectivity index (χ1v) is 16.1. The molecular formula is C32H30Cl3N3O4S. The standard InChI is InChI=1S/C32H30Cl3N3O4S/c1-2-36-32(40)30(18-23-10-5-3-6-11-23)37(21-24-16-17-26(34)20-29(24)35)31(39)22-38(27-13-9-12-25(33)19-27)43(41,42)28-14-7-4-8-15-28/h3-17,19-20,30H,2,18,21-22H2,1H3,(H,36,40)/t30-/m0/s1. The van der Waals surface area contributed by atoms with Gasteiger partial charge in [0.1, 0.15) is 12.6 Å². The molecule has 0 saturated heterocycles. The number of nitrogens with zero attached hydrogens (tertiary/aromatic N) is 2. The lowest BCUT2D eigenvalue weighted by atomic mass is 10.0. The largest absolute Gasteiger partial charge is 0.355 e. The number of benzene rings is 4. The van der Waals surface area contributed by atoms with Crippen LogP contribution in [0, 0.1) is 0 Å². The summed E-state index contributed by atoms with van der Waals surface area (Å²) in [7, 11) is -4.22. The molecule has 224 valence electrons. The summed E-state index contributed by atoms with van der Waals surface area (Å²) in [5.74, 6) is -0.998. The molecule has 0 heterocycles. The summed E-state index contributed by atoms with van der Waals surface area (Å²) >= 11 is 18.9. The van der Waals surface area contributed by atoms with E-state index in [0.29, 0.717) is 27.2 Å². The van der Waals surface area contributed by atoms with Crippen LogP contribution in [0.4, 0.5) is 5.69 Å². The van der Waals surface area contributed by atoms with Gasteiger partial charge in [0.25, 0.3) is 10.0 Å². The second kappa shape index (κ2) is 14.8. The van der Waals surface area contributed by atoms with Gasteiger partial charge in [-0.25, -0.2) is 8.42 Å². The molecule has 2 amide bonds. The van der Waals surface area contributed by atoms with Crippen molar-refractivity contribution < 1.29 is 18.0 Å². The van der Waals surface area contributed by atoms with E-state index < -0.39 is 28.5 Å². The Kier molecular flexibility index (Phi) is 11.1. The van der Waals surface area contributed by atoms with Crippen LogP contribution >= 0.6 is 34.8 Å². The second-order valence-corrected chi connectivity index (χ2v) is 12.8. The highest BCUT2D eigenvalue weighted by atomic mass is 35.5. The number of amides is 2. The highest BCUT2D eigenvalue weighted by Gasteiger charge is 2.34. The van der Waals surface area contributed by atoms with Gasteiger partial charge in [-0.3, -0.25) is 13.9 Å². The van der Waals surface area contributed by atoms with Gasteiger partial charge in [0, 0.05) is 34.6 Å². The minimum Gasteiger partial charge on any atom is -0.355 e. The summed E-state index contributed by atoms with van der Waals surface area (Å²) in [6.07, 6.45) is 0.187. The number of halogens is 3. The van der Waals surface area contributed by atoms with Crippen molar-refractivity contribution in [2.75, 3.05) is 17.4 Å². The summed E-state index contributed by atoms with van der Waals surface area (Å²) in [5, 5.41) is 3.84. The van der Waals surface area contributed by atoms with Gasteiger partial charge >= 0.3 is 0 Å². The number of nitrogens with one attached hydrogen (secondary N) is 1. The van der Waals surface area contributed by atoms with Gasteiger partial charge in [0.15, 0.2) is 0 Å². The Morgan fingerprint density at radius 1 is 0.814 bits per heavy atom. The molecule has 4 aromatic carbocycles. The first-order chi connectivity index (χ1) is 20.6. The van der Waals surface area contributed by atoms with Crippen molar-refractivity contribution in [3.63, 3.8) is 0 Å². The van der Waals surface area contributed by atoms with Gasteiger partial charge in [-0.05, 0) is 60.5 Å². The maximum Gasteiger partial charge on any atom is 0.264 e. The van der Waals surface area contributed by atoms with Gasteiger partial charge in [-0.2, -0.15) is 0 Å². The third kappa shape index (κ3) is 8.30. The molecular weight excluding hydrogens is 629 g/mol. The van der Waals surface area contributed by atoms with E-state index in [-0.39, 0.29) is 29.5 Å². The number of sulfonamides is 1. The molecule has 4 aromatic rings. The quantitative estimate of drug-likeness (QED) is 0.185. The number of hydrogen-bond donors (Lipinski definition) is 1. The zero-order valence-corrected chi connectivity index (χ0v) is 26.4. The maximum atomic E-state index is 14.4. The van der Waals surface area contributed by atoms with Crippen LogP contribution in [-0.2, 0) is 32.6 Å². The third-order valence-corrected chi connectivity index (χ3v) is 9.29. The lowest BCUT2D eigenvalue weighted by Gasteiger charge is -2.34. The van der Waals surface area contributed by atoms with Crippen LogP contribution in [0.1, 0.15) is 18.1 Å². The summed E-state index contributed by atoms with van der Waals surface area (Å²) in [4.78, 5) is 29.2. The number of carbonyl (C=O) groups is 2. The molecule has 1 atom stereocenters. The highest BCUT2D eigenvalue weighted by Crippen LogP contribution is 2.28. The molecule has 4 rings (SSSR count). The minimum absolute atomic E-state index is 0.000340. The highest BCUT2D eigenvalue weighted by molar-refractivity contribution is 7.92. The Balaban J connectivity index is 1.81. The number of anilines is 1. The van der Waals surface area contributed by atoms with Crippen molar-refractivity contribution in [3.05, 3.63) is 129 Å². The van der Waals surface area contributed by atoms with Crippen molar-refractivity contribution in [1.82, 2.24) is 10.2 Å². The zero-order chi connectivity index (χ0) is 31.0. The molecule has 0 aromatic heterocycles. The fraction of sp³-hybridized carbons (Fsp3) is 0.188. The molecule has 0 spiro atoms. The Hall–Kier alpha value is -3.56. The van der Waals surface area contributed by atoms with Gasteiger partial charge in [0.2, 0.25) is 11.8 Å². The van der Waals surface area contributed by atoms with Crippen molar-refractivity contribution >= 4 is 62.3 Å². The molecule has 0 aliphatic carbocycles. The van der Waals surface area contributed by atoms with E-state index in [4.69, 9.17) is 34.8 Å². The topological polar surface area (TPSA) is 86.8 Å². The molecule has 11 heteroatoms. The van der Waals surface area contributed by atoms with Crippen LogP contribution in [-0.4, -0.2) is 44.3 Å². The van der Waals surface area contributed by atoms with E-state index in [9.17, 15) is 18.0 Å². The number of likely N-dealkylation sites (N-methyl/N-ethyl adjacent to an activating group) is 1. The van der Waals surface area contributed by atoms with Crippen LogP contribution in [0.2, 0.25) is 15.1 Å². The first kappa shape index (κ1) is 32.4.